The number of rotatable bonds is 3. The molecule has 0 spiro atoms. The van der Waals surface area contributed by atoms with E-state index in [2.05, 4.69) is 53.0 Å². The second-order valence-electron chi connectivity index (χ2n) is 5.40. The van der Waals surface area contributed by atoms with Gasteiger partial charge in [-0.25, -0.2) is 0 Å². The third kappa shape index (κ3) is 10.5. The molecule has 0 aromatic carbocycles. The first-order valence-corrected chi connectivity index (χ1v) is 5.26. The standard InChI is InChI=1S/C10H23NS.ClH/c1-9(2,3)8-10(4,5)12-11(6)7;/h8H2,1-7H3;1H. The summed E-state index contributed by atoms with van der Waals surface area (Å²) in [6, 6.07) is 0. The van der Waals surface area contributed by atoms with Crippen molar-refractivity contribution in [2.75, 3.05) is 14.1 Å². The summed E-state index contributed by atoms with van der Waals surface area (Å²) in [5, 5.41) is 0. The van der Waals surface area contributed by atoms with E-state index in [1.54, 1.807) is 0 Å². The van der Waals surface area contributed by atoms with Crippen molar-refractivity contribution in [3.8, 4) is 0 Å². The lowest BCUT2D eigenvalue weighted by molar-refractivity contribution is 0.336. The lowest BCUT2D eigenvalue weighted by Crippen LogP contribution is -2.26. The van der Waals surface area contributed by atoms with E-state index in [1.807, 2.05) is 11.9 Å². The first-order chi connectivity index (χ1) is 5.12. The number of hydrogen-bond donors (Lipinski definition) is 0. The highest BCUT2D eigenvalue weighted by atomic mass is 35.5. The summed E-state index contributed by atoms with van der Waals surface area (Å²) < 4.78 is 2.54. The summed E-state index contributed by atoms with van der Waals surface area (Å²) in [5.74, 6) is 0. The molecule has 0 N–H and O–H groups in total. The molecule has 0 rings (SSSR count). The van der Waals surface area contributed by atoms with Crippen molar-refractivity contribution >= 4 is 24.4 Å². The average Bonchev–Trinajstić information content (AvgIpc) is 1.48. The van der Waals surface area contributed by atoms with Crippen molar-refractivity contribution in [2.45, 2.75) is 45.8 Å². The van der Waals surface area contributed by atoms with Crippen LogP contribution in [0.1, 0.15) is 41.0 Å². The Morgan fingerprint density at radius 1 is 1.00 bits per heavy atom. The fraction of sp³-hybridized carbons (Fsp3) is 1.00. The largest absolute Gasteiger partial charge is 0.256 e. The van der Waals surface area contributed by atoms with Crippen molar-refractivity contribution in [2.24, 2.45) is 5.41 Å². The summed E-state index contributed by atoms with van der Waals surface area (Å²) in [4.78, 5) is 0. The minimum absolute atomic E-state index is 0. The van der Waals surface area contributed by atoms with Gasteiger partial charge in [0.05, 0.1) is 0 Å². The van der Waals surface area contributed by atoms with Gasteiger partial charge in [0.25, 0.3) is 0 Å². The number of halogens is 1. The average molecular weight is 226 g/mol. The lowest BCUT2D eigenvalue weighted by atomic mass is 9.86. The smallest absolute Gasteiger partial charge is 0.0255 e. The maximum absolute atomic E-state index is 2.31. The molecule has 0 heterocycles. The third-order valence-electron chi connectivity index (χ3n) is 1.39. The van der Waals surface area contributed by atoms with Crippen LogP contribution >= 0.6 is 24.4 Å². The van der Waals surface area contributed by atoms with E-state index in [1.165, 1.54) is 6.42 Å². The van der Waals surface area contributed by atoms with Crippen LogP contribution in [0.2, 0.25) is 0 Å². The summed E-state index contributed by atoms with van der Waals surface area (Å²) in [7, 11) is 4.21. The van der Waals surface area contributed by atoms with Crippen LogP contribution in [-0.4, -0.2) is 23.1 Å². The lowest BCUT2D eigenvalue weighted by Gasteiger charge is -2.33. The Bertz CT molecular complexity index is 138. The molecule has 0 aliphatic heterocycles. The van der Waals surface area contributed by atoms with Gasteiger partial charge >= 0.3 is 0 Å². The molecule has 1 nitrogen and oxygen atoms in total. The Morgan fingerprint density at radius 2 is 1.38 bits per heavy atom. The molecule has 0 saturated heterocycles. The first kappa shape index (κ1) is 16.0. The summed E-state index contributed by atoms with van der Waals surface area (Å²) >= 11 is 1.92. The van der Waals surface area contributed by atoms with E-state index >= 15 is 0 Å². The predicted molar refractivity (Wildman–Crippen MR) is 66.7 cm³/mol. The molecule has 0 atom stereocenters. The molecule has 0 aromatic heterocycles. The van der Waals surface area contributed by atoms with Crippen LogP contribution in [0, 0.1) is 5.41 Å². The summed E-state index contributed by atoms with van der Waals surface area (Å²) in [6.45, 7) is 11.5. The Balaban J connectivity index is 0. The molecule has 3 heteroatoms. The van der Waals surface area contributed by atoms with E-state index in [9.17, 15) is 0 Å². The molecule has 0 bridgehead atoms. The molecule has 0 radical (unpaired) electrons. The maximum atomic E-state index is 2.31. The van der Waals surface area contributed by atoms with Crippen molar-refractivity contribution in [1.29, 1.82) is 0 Å². The van der Waals surface area contributed by atoms with Crippen molar-refractivity contribution in [1.82, 2.24) is 4.31 Å². The van der Waals surface area contributed by atoms with Gasteiger partial charge in [-0.2, -0.15) is 0 Å². The zero-order chi connectivity index (χ0) is 9.99. The molecule has 0 aliphatic rings. The molecule has 0 fully saturated rings. The molecule has 0 unspecified atom stereocenters. The van der Waals surface area contributed by atoms with Gasteiger partial charge in [-0.1, -0.05) is 32.7 Å². The van der Waals surface area contributed by atoms with Crippen LogP contribution in [0.15, 0.2) is 0 Å². The van der Waals surface area contributed by atoms with E-state index in [0.717, 1.165) is 0 Å². The first-order valence-electron chi connectivity index (χ1n) is 4.49. The van der Waals surface area contributed by atoms with Crippen molar-refractivity contribution in [3.63, 3.8) is 0 Å². The maximum Gasteiger partial charge on any atom is 0.0255 e. The van der Waals surface area contributed by atoms with Gasteiger partial charge in [0.2, 0.25) is 0 Å². The summed E-state index contributed by atoms with van der Waals surface area (Å²) in [6.07, 6.45) is 1.24. The van der Waals surface area contributed by atoms with Crippen LogP contribution < -0.4 is 0 Å². The quantitative estimate of drug-likeness (QED) is 0.672. The Kier molecular flexibility index (Phi) is 6.76. The fourth-order valence-corrected chi connectivity index (χ4v) is 3.29. The minimum atomic E-state index is 0. The van der Waals surface area contributed by atoms with E-state index in [0.29, 0.717) is 10.2 Å². The number of nitrogens with zero attached hydrogens (tertiary/aromatic N) is 1. The summed E-state index contributed by atoms with van der Waals surface area (Å²) in [5.41, 5.74) is 0.423. The van der Waals surface area contributed by atoms with Gasteiger partial charge in [0, 0.05) is 4.75 Å². The van der Waals surface area contributed by atoms with Gasteiger partial charge in [-0.3, -0.25) is 4.31 Å². The predicted octanol–water partition coefficient (Wildman–Crippen LogP) is 3.83. The molecule has 0 amide bonds. The van der Waals surface area contributed by atoms with Crippen LogP contribution in [-0.2, 0) is 0 Å². The molecule has 82 valence electrons. The van der Waals surface area contributed by atoms with Gasteiger partial charge in [0.15, 0.2) is 0 Å². The van der Waals surface area contributed by atoms with Crippen LogP contribution in [0.3, 0.4) is 0 Å². The van der Waals surface area contributed by atoms with E-state index < -0.39 is 0 Å². The van der Waals surface area contributed by atoms with Crippen LogP contribution in [0.5, 0.6) is 0 Å². The second-order valence-corrected chi connectivity index (χ2v) is 7.42. The van der Waals surface area contributed by atoms with E-state index in [4.69, 9.17) is 0 Å². The second kappa shape index (κ2) is 5.47. The molecule has 0 aromatic rings. The van der Waals surface area contributed by atoms with Crippen LogP contribution in [0.4, 0.5) is 0 Å². The zero-order valence-electron chi connectivity index (χ0n) is 9.97. The molecule has 0 aliphatic carbocycles. The topological polar surface area (TPSA) is 3.24 Å². The SMILES string of the molecule is CN(C)SC(C)(C)CC(C)(C)C.Cl. The minimum Gasteiger partial charge on any atom is -0.256 e. The van der Waals surface area contributed by atoms with Crippen molar-refractivity contribution < 1.29 is 0 Å². The fourth-order valence-electron chi connectivity index (χ4n) is 1.80. The highest BCUT2D eigenvalue weighted by Gasteiger charge is 2.26. The van der Waals surface area contributed by atoms with Gasteiger partial charge < -0.3 is 0 Å². The number of hydrogen-bond acceptors (Lipinski definition) is 2. The van der Waals surface area contributed by atoms with Gasteiger partial charge in [0.1, 0.15) is 0 Å². The molecular formula is C10H24ClNS. The van der Waals surface area contributed by atoms with Crippen molar-refractivity contribution in [3.05, 3.63) is 0 Å². The third-order valence-corrected chi connectivity index (χ3v) is 2.39. The van der Waals surface area contributed by atoms with Gasteiger partial charge in [-0.05, 0) is 39.8 Å². The van der Waals surface area contributed by atoms with E-state index in [-0.39, 0.29) is 12.4 Å². The Hall–Kier alpha value is 0.600. The monoisotopic (exact) mass is 225 g/mol. The Morgan fingerprint density at radius 3 is 1.62 bits per heavy atom. The van der Waals surface area contributed by atoms with Gasteiger partial charge in [-0.15, -0.1) is 12.4 Å². The highest BCUT2D eigenvalue weighted by Crippen LogP contribution is 2.37. The molecule has 13 heavy (non-hydrogen) atoms. The highest BCUT2D eigenvalue weighted by molar-refractivity contribution is 7.98. The van der Waals surface area contributed by atoms with Crippen LogP contribution in [0.25, 0.3) is 0 Å². The zero-order valence-corrected chi connectivity index (χ0v) is 11.6. The Labute approximate surface area is 94.2 Å². The molecular weight excluding hydrogens is 202 g/mol. The normalized spacial score (nSPS) is 12.9. The molecule has 0 saturated carbocycles.